The van der Waals surface area contributed by atoms with Gasteiger partial charge in [0.1, 0.15) is 5.75 Å². The van der Waals surface area contributed by atoms with Crippen molar-refractivity contribution in [3.05, 3.63) is 60.4 Å². The third-order valence-electron chi connectivity index (χ3n) is 3.54. The number of nitrogens with zero attached hydrogens (tertiary/aromatic N) is 5. The normalized spacial score (nSPS) is 11.3. The highest BCUT2D eigenvalue weighted by atomic mass is 19.4. The lowest BCUT2D eigenvalue weighted by atomic mass is 10.3. The molecule has 7 nitrogen and oxygen atoms in total. The largest absolute Gasteiger partial charge is 0.573 e. The standard InChI is InChI=1S/C17H14F3N5O2/c1-2-24(12-6-4-3-5-7-12)16(26)15-21-23-25(22-15)13-8-10-14(11-9-13)27-17(18,19)20/h3-11H,2H2,1H3. The summed E-state index contributed by atoms with van der Waals surface area (Å²) in [5.41, 5.74) is 1.02. The lowest BCUT2D eigenvalue weighted by Gasteiger charge is -2.18. The van der Waals surface area contributed by atoms with Crippen LogP contribution in [0.4, 0.5) is 18.9 Å². The molecule has 140 valence electrons. The fourth-order valence-corrected chi connectivity index (χ4v) is 2.36. The predicted molar refractivity (Wildman–Crippen MR) is 89.6 cm³/mol. The molecule has 1 aromatic heterocycles. The van der Waals surface area contributed by atoms with Gasteiger partial charge in [-0.25, -0.2) is 0 Å². The molecule has 1 amide bonds. The summed E-state index contributed by atoms with van der Waals surface area (Å²) in [5.74, 6) is -0.938. The summed E-state index contributed by atoms with van der Waals surface area (Å²) in [5, 5.41) is 11.6. The summed E-state index contributed by atoms with van der Waals surface area (Å²) < 4.78 is 40.4. The molecule has 0 saturated heterocycles. The van der Waals surface area contributed by atoms with Crippen LogP contribution < -0.4 is 9.64 Å². The van der Waals surface area contributed by atoms with E-state index < -0.39 is 12.3 Å². The van der Waals surface area contributed by atoms with Gasteiger partial charge in [-0.05, 0) is 48.5 Å². The topological polar surface area (TPSA) is 73.1 Å². The quantitative estimate of drug-likeness (QED) is 0.683. The van der Waals surface area contributed by atoms with Crippen LogP contribution in [0.3, 0.4) is 0 Å². The Labute approximate surface area is 152 Å². The second-order valence-electron chi connectivity index (χ2n) is 5.33. The van der Waals surface area contributed by atoms with E-state index in [1.807, 2.05) is 13.0 Å². The molecule has 3 aromatic rings. The summed E-state index contributed by atoms with van der Waals surface area (Å²) in [6, 6.07) is 13.9. The average Bonchev–Trinajstić information content (AvgIpc) is 3.12. The van der Waals surface area contributed by atoms with Crippen LogP contribution in [0, 0.1) is 0 Å². The van der Waals surface area contributed by atoms with Crippen LogP contribution in [0.1, 0.15) is 17.5 Å². The smallest absolute Gasteiger partial charge is 0.406 e. The van der Waals surface area contributed by atoms with Crippen molar-refractivity contribution < 1.29 is 22.7 Å². The maximum Gasteiger partial charge on any atom is 0.573 e. The second kappa shape index (κ2) is 7.44. The van der Waals surface area contributed by atoms with Crippen molar-refractivity contribution >= 4 is 11.6 Å². The molecule has 0 aliphatic heterocycles. The molecule has 0 N–H and O–H groups in total. The van der Waals surface area contributed by atoms with Crippen LogP contribution in [0.2, 0.25) is 0 Å². The predicted octanol–water partition coefficient (Wildman–Crippen LogP) is 3.23. The molecule has 27 heavy (non-hydrogen) atoms. The van der Waals surface area contributed by atoms with E-state index in [9.17, 15) is 18.0 Å². The van der Waals surface area contributed by atoms with Gasteiger partial charge in [0, 0.05) is 12.2 Å². The third kappa shape index (κ3) is 4.40. The number of ether oxygens (including phenoxy) is 1. The highest BCUT2D eigenvalue weighted by molar-refractivity contribution is 6.03. The van der Waals surface area contributed by atoms with Gasteiger partial charge in [0.25, 0.3) is 11.7 Å². The van der Waals surface area contributed by atoms with Crippen molar-refractivity contribution in [2.75, 3.05) is 11.4 Å². The highest BCUT2D eigenvalue weighted by Crippen LogP contribution is 2.23. The minimum Gasteiger partial charge on any atom is -0.406 e. The van der Waals surface area contributed by atoms with E-state index >= 15 is 0 Å². The van der Waals surface area contributed by atoms with Crippen LogP contribution in [-0.2, 0) is 0 Å². The molecule has 1 heterocycles. The fraction of sp³-hybridized carbons (Fsp3) is 0.176. The first-order valence-corrected chi connectivity index (χ1v) is 7.90. The van der Waals surface area contributed by atoms with Gasteiger partial charge < -0.3 is 9.64 Å². The Kier molecular flexibility index (Phi) is 5.06. The number of carbonyl (C=O) groups is 1. The van der Waals surface area contributed by atoms with Gasteiger partial charge in [-0.2, -0.15) is 0 Å². The molecule has 0 fully saturated rings. The van der Waals surface area contributed by atoms with Crippen LogP contribution in [0.5, 0.6) is 5.75 Å². The number of halogens is 3. The molecular formula is C17H14F3N5O2. The number of hydrogen-bond acceptors (Lipinski definition) is 5. The maximum atomic E-state index is 12.6. The molecule has 0 bridgehead atoms. The lowest BCUT2D eigenvalue weighted by Crippen LogP contribution is -2.31. The van der Waals surface area contributed by atoms with Crippen LogP contribution >= 0.6 is 0 Å². The Morgan fingerprint density at radius 2 is 1.78 bits per heavy atom. The van der Waals surface area contributed by atoms with Gasteiger partial charge in [0.2, 0.25) is 0 Å². The van der Waals surface area contributed by atoms with Gasteiger partial charge in [-0.3, -0.25) is 4.79 Å². The number of anilines is 1. The van der Waals surface area contributed by atoms with Crippen molar-refractivity contribution in [2.24, 2.45) is 0 Å². The Bertz CT molecular complexity index is 910. The summed E-state index contributed by atoms with van der Waals surface area (Å²) in [6.45, 7) is 2.22. The number of hydrogen-bond donors (Lipinski definition) is 0. The Morgan fingerprint density at radius 3 is 2.37 bits per heavy atom. The molecule has 2 aromatic carbocycles. The number of tetrazole rings is 1. The molecule has 3 rings (SSSR count). The summed E-state index contributed by atoms with van der Waals surface area (Å²) in [7, 11) is 0. The summed E-state index contributed by atoms with van der Waals surface area (Å²) >= 11 is 0. The van der Waals surface area contributed by atoms with E-state index in [2.05, 4.69) is 20.1 Å². The number of benzene rings is 2. The first-order valence-electron chi connectivity index (χ1n) is 7.90. The first-order chi connectivity index (χ1) is 12.9. The molecule has 0 saturated carbocycles. The Morgan fingerprint density at radius 1 is 1.11 bits per heavy atom. The number of para-hydroxylation sites is 1. The Hall–Kier alpha value is -3.43. The molecule has 0 aliphatic carbocycles. The number of amides is 1. The molecule has 0 atom stereocenters. The van der Waals surface area contributed by atoms with E-state index in [1.54, 1.807) is 24.3 Å². The Balaban J connectivity index is 1.79. The van der Waals surface area contributed by atoms with Gasteiger partial charge in [-0.1, -0.05) is 18.2 Å². The zero-order valence-corrected chi connectivity index (χ0v) is 14.1. The van der Waals surface area contributed by atoms with E-state index in [4.69, 9.17) is 0 Å². The minimum absolute atomic E-state index is 0.128. The number of alkyl halides is 3. The van der Waals surface area contributed by atoms with Gasteiger partial charge in [0.15, 0.2) is 0 Å². The molecule has 0 aliphatic rings. The van der Waals surface area contributed by atoms with Crippen LogP contribution in [0.15, 0.2) is 54.6 Å². The van der Waals surface area contributed by atoms with Crippen molar-refractivity contribution in [3.63, 3.8) is 0 Å². The van der Waals surface area contributed by atoms with E-state index in [-0.39, 0.29) is 11.6 Å². The molecule has 0 radical (unpaired) electrons. The highest BCUT2D eigenvalue weighted by Gasteiger charge is 2.31. The summed E-state index contributed by atoms with van der Waals surface area (Å²) in [6.07, 6.45) is -4.77. The van der Waals surface area contributed by atoms with E-state index in [0.29, 0.717) is 17.9 Å². The number of rotatable bonds is 5. The van der Waals surface area contributed by atoms with E-state index in [0.717, 1.165) is 16.9 Å². The monoisotopic (exact) mass is 377 g/mol. The van der Waals surface area contributed by atoms with Crippen LogP contribution in [0.25, 0.3) is 5.69 Å². The molecular weight excluding hydrogens is 363 g/mol. The van der Waals surface area contributed by atoms with Crippen molar-refractivity contribution in [1.29, 1.82) is 0 Å². The number of aromatic nitrogens is 4. The average molecular weight is 377 g/mol. The lowest BCUT2D eigenvalue weighted by molar-refractivity contribution is -0.274. The fourth-order valence-electron chi connectivity index (χ4n) is 2.36. The van der Waals surface area contributed by atoms with Gasteiger partial charge in [-0.15, -0.1) is 28.2 Å². The van der Waals surface area contributed by atoms with Gasteiger partial charge in [0.05, 0.1) is 5.69 Å². The molecule has 0 spiro atoms. The third-order valence-corrected chi connectivity index (χ3v) is 3.54. The van der Waals surface area contributed by atoms with Crippen LogP contribution in [-0.4, -0.2) is 39.0 Å². The summed E-state index contributed by atoms with van der Waals surface area (Å²) in [4.78, 5) is 15.2. The first kappa shape index (κ1) is 18.4. The second-order valence-corrected chi connectivity index (χ2v) is 5.33. The zero-order chi connectivity index (χ0) is 19.4. The number of carbonyl (C=O) groups excluding carboxylic acids is 1. The zero-order valence-electron chi connectivity index (χ0n) is 14.1. The van der Waals surface area contributed by atoms with Crippen molar-refractivity contribution in [1.82, 2.24) is 20.2 Å². The van der Waals surface area contributed by atoms with Gasteiger partial charge >= 0.3 is 6.36 Å². The van der Waals surface area contributed by atoms with Crippen molar-refractivity contribution in [2.45, 2.75) is 13.3 Å². The SMILES string of the molecule is CCN(C(=O)c1nnn(-c2ccc(OC(F)(F)F)cc2)n1)c1ccccc1. The van der Waals surface area contributed by atoms with Crippen molar-refractivity contribution in [3.8, 4) is 11.4 Å². The maximum absolute atomic E-state index is 12.6. The minimum atomic E-state index is -4.77. The van der Waals surface area contributed by atoms with E-state index in [1.165, 1.54) is 17.0 Å². The molecule has 0 unspecified atom stereocenters. The molecule has 10 heteroatoms.